The van der Waals surface area contributed by atoms with Crippen molar-refractivity contribution in [3.8, 4) is 89.0 Å². The van der Waals surface area contributed by atoms with Crippen LogP contribution in [-0.4, -0.2) is 0 Å². The van der Waals surface area contributed by atoms with Crippen molar-refractivity contribution in [2.75, 3.05) is 9.80 Å². The van der Waals surface area contributed by atoms with E-state index in [0.29, 0.717) is 0 Å². The molecule has 0 unspecified atom stereocenters. The molecule has 0 saturated carbocycles. The van der Waals surface area contributed by atoms with Gasteiger partial charge < -0.3 is 9.80 Å². The van der Waals surface area contributed by atoms with Gasteiger partial charge in [-0.05, 0) is 166 Å². The molecule has 0 fully saturated rings. The van der Waals surface area contributed by atoms with Crippen LogP contribution in [0.15, 0.2) is 449 Å². The van der Waals surface area contributed by atoms with E-state index in [1.54, 1.807) is 0 Å². The molecule has 0 atom stereocenters. The molecule has 3 heteroatoms. The summed E-state index contributed by atoms with van der Waals surface area (Å²) in [6, 6.07) is 168. The zero-order chi connectivity index (χ0) is 74.8. The number of anilines is 6. The van der Waals surface area contributed by atoms with E-state index in [2.05, 4.69) is 459 Å². The molecular weight excluding hydrogens is 1380 g/mol. The lowest BCUT2D eigenvalue weighted by atomic mass is 9.67. The number of fused-ring (bicyclic) bond motifs is 9. The molecule has 0 N–H and O–H groups in total. The number of benzene rings is 18. The monoisotopic (exact) mass is 1450 g/mol. The van der Waals surface area contributed by atoms with Crippen molar-refractivity contribution >= 4 is 65.6 Å². The van der Waals surface area contributed by atoms with Gasteiger partial charge in [0.2, 0.25) is 0 Å². The summed E-state index contributed by atoms with van der Waals surface area (Å²) >= 11 is 1.87. The first-order valence-electron chi connectivity index (χ1n) is 39.0. The van der Waals surface area contributed by atoms with Gasteiger partial charge in [-0.1, -0.05) is 394 Å². The van der Waals surface area contributed by atoms with Gasteiger partial charge in [-0.3, -0.25) is 0 Å². The van der Waals surface area contributed by atoms with E-state index in [1.165, 1.54) is 81.5 Å². The van der Waals surface area contributed by atoms with E-state index in [4.69, 9.17) is 0 Å². The third-order valence-corrected chi connectivity index (χ3v) is 24.8. The molecule has 18 aromatic carbocycles. The van der Waals surface area contributed by atoms with Crippen LogP contribution in [0.2, 0.25) is 0 Å². The Balaban J connectivity index is 0.831. The Bertz CT molecular complexity index is 6580. The highest BCUT2D eigenvalue weighted by molar-refractivity contribution is 7.26. The van der Waals surface area contributed by atoms with E-state index in [9.17, 15) is 0 Å². The van der Waals surface area contributed by atoms with E-state index < -0.39 is 10.8 Å². The second-order valence-corrected chi connectivity index (χ2v) is 30.7. The van der Waals surface area contributed by atoms with Gasteiger partial charge in [0.1, 0.15) is 0 Å². The molecule has 0 radical (unpaired) electrons. The molecule has 2 aliphatic carbocycles. The van der Waals surface area contributed by atoms with Crippen LogP contribution < -0.4 is 9.80 Å². The van der Waals surface area contributed by atoms with Gasteiger partial charge in [-0.2, -0.15) is 0 Å². The molecule has 0 amide bonds. The first-order chi connectivity index (χ1) is 56.1. The predicted molar refractivity (Wildman–Crippen MR) is 476 cm³/mol. The lowest BCUT2D eigenvalue weighted by Crippen LogP contribution is -2.28. The van der Waals surface area contributed by atoms with Crippen LogP contribution in [0.25, 0.3) is 109 Å². The van der Waals surface area contributed by atoms with Crippen molar-refractivity contribution in [1.82, 2.24) is 0 Å². The van der Waals surface area contributed by atoms with Gasteiger partial charge in [0.05, 0.1) is 32.6 Å². The third kappa shape index (κ3) is 11.1. The largest absolute Gasteiger partial charge is 0.309 e. The molecule has 0 spiro atoms. The van der Waals surface area contributed by atoms with Gasteiger partial charge in [0.15, 0.2) is 0 Å². The molecule has 19 aromatic rings. The van der Waals surface area contributed by atoms with Crippen molar-refractivity contribution in [2.45, 2.75) is 10.8 Å². The Labute approximate surface area is 664 Å². The summed E-state index contributed by atoms with van der Waals surface area (Å²) in [6.45, 7) is 0. The van der Waals surface area contributed by atoms with Crippen LogP contribution in [0, 0.1) is 0 Å². The maximum Gasteiger partial charge on any atom is 0.0713 e. The van der Waals surface area contributed by atoms with E-state index in [1.807, 2.05) is 11.3 Å². The van der Waals surface area contributed by atoms with Gasteiger partial charge in [0.25, 0.3) is 0 Å². The highest BCUT2D eigenvalue weighted by Gasteiger charge is 2.48. The fourth-order valence-corrected chi connectivity index (χ4v) is 20.0. The molecule has 2 aliphatic rings. The molecule has 2 nitrogen and oxygen atoms in total. The quantitative estimate of drug-likeness (QED) is 0.0951. The molecule has 0 saturated heterocycles. The van der Waals surface area contributed by atoms with Crippen molar-refractivity contribution in [1.29, 1.82) is 0 Å². The number of hydrogen-bond acceptors (Lipinski definition) is 3. The summed E-state index contributed by atoms with van der Waals surface area (Å²) in [5.41, 5.74) is 33.6. The minimum absolute atomic E-state index is 0.532. The number of para-hydroxylation sites is 2. The van der Waals surface area contributed by atoms with Crippen LogP contribution >= 0.6 is 11.3 Å². The average Bonchev–Trinajstić information content (AvgIpc) is 1.55. The summed E-state index contributed by atoms with van der Waals surface area (Å²) in [4.78, 5) is 5.21. The van der Waals surface area contributed by atoms with Crippen LogP contribution in [0.4, 0.5) is 34.1 Å². The SMILES string of the molecule is c1ccc(-c2cccc(-c3ccccc3)c2N(c2cccc(-c3ccc4c(c3)-c3ccccc3C4(c3ccccc3)c3ccccc3)c2)c2cc(N(c3cccc(-c4ccc5c(c4)-c4ccccc4C5(c4ccccc4)c4ccccc4)c3)c3c(-c4ccccc4)cccc3-c3ccccc3)c3sc4ccccc4c3c2)cc1. The lowest BCUT2D eigenvalue weighted by molar-refractivity contribution is 0.768. The average molecular weight is 1460 g/mol. The number of thiophene rings is 1. The Morgan fingerprint density at radius 2 is 0.496 bits per heavy atom. The van der Waals surface area contributed by atoms with Crippen molar-refractivity contribution in [2.24, 2.45) is 0 Å². The Morgan fingerprint density at radius 3 is 0.912 bits per heavy atom. The van der Waals surface area contributed by atoms with E-state index in [0.717, 1.165) is 106 Å². The minimum Gasteiger partial charge on any atom is -0.309 e. The minimum atomic E-state index is -0.534. The maximum absolute atomic E-state index is 2.62. The van der Waals surface area contributed by atoms with Crippen LogP contribution in [0.1, 0.15) is 44.5 Å². The van der Waals surface area contributed by atoms with Crippen LogP contribution in [-0.2, 0) is 10.8 Å². The van der Waals surface area contributed by atoms with E-state index >= 15 is 0 Å². The zero-order valence-corrected chi connectivity index (χ0v) is 62.8. The Hall–Kier alpha value is -14.2. The van der Waals surface area contributed by atoms with Crippen molar-refractivity contribution in [3.05, 3.63) is 493 Å². The fourth-order valence-electron chi connectivity index (χ4n) is 18.8. The summed E-state index contributed by atoms with van der Waals surface area (Å²) < 4.78 is 2.38. The zero-order valence-electron chi connectivity index (χ0n) is 62.0. The van der Waals surface area contributed by atoms with Gasteiger partial charge in [0, 0.05) is 54.8 Å². The van der Waals surface area contributed by atoms with E-state index in [-0.39, 0.29) is 0 Å². The maximum atomic E-state index is 2.62. The number of hydrogen-bond donors (Lipinski definition) is 0. The molecule has 113 heavy (non-hydrogen) atoms. The van der Waals surface area contributed by atoms with Crippen molar-refractivity contribution in [3.63, 3.8) is 0 Å². The van der Waals surface area contributed by atoms with Gasteiger partial charge in [-0.15, -0.1) is 11.3 Å². The van der Waals surface area contributed by atoms with Crippen LogP contribution in [0.5, 0.6) is 0 Å². The standard InChI is InChI=1S/C110H74N2S/c1-9-35-75(36-10-1)90-58-33-59-91(76-37-11-2-12-38-76)106(90)111(87-53-31-43-79(69-87)81-65-67-102-97(71-81)94-55-25-28-62-100(94)109(102,83-45-17-5-18-46-83)84-47-19-6-20-48-84)89-73-99-96-57-27-30-64-105(96)113-108(99)104(74-89)112(107-92(77-39-13-3-14-40-77)60-34-61-93(107)78-41-15-4-16-42-78)88-54-32-44-80(70-88)82-66-68-103-98(72-82)95-56-26-29-63-101(95)110(103,85-49-21-7-22-50-85)86-51-23-8-24-52-86/h1-74H. The summed E-state index contributed by atoms with van der Waals surface area (Å²) in [6.07, 6.45) is 0. The molecular formula is C110H74N2S. The molecule has 21 rings (SSSR count). The smallest absolute Gasteiger partial charge is 0.0713 e. The first kappa shape index (κ1) is 66.9. The molecule has 0 bridgehead atoms. The predicted octanol–water partition coefficient (Wildman–Crippen LogP) is 29.7. The normalized spacial score (nSPS) is 12.7. The summed E-state index contributed by atoms with van der Waals surface area (Å²) in [5, 5.41) is 2.35. The highest BCUT2D eigenvalue weighted by Crippen LogP contribution is 2.61. The highest BCUT2D eigenvalue weighted by atomic mass is 32.1. The molecule has 0 aliphatic heterocycles. The van der Waals surface area contributed by atoms with Gasteiger partial charge >= 0.3 is 0 Å². The van der Waals surface area contributed by atoms with Gasteiger partial charge in [-0.25, -0.2) is 0 Å². The Morgan fingerprint density at radius 1 is 0.186 bits per heavy atom. The topological polar surface area (TPSA) is 6.48 Å². The molecule has 1 heterocycles. The number of rotatable bonds is 16. The Kier molecular flexibility index (Phi) is 16.6. The lowest BCUT2D eigenvalue weighted by Gasteiger charge is -2.34. The van der Waals surface area contributed by atoms with Crippen LogP contribution in [0.3, 0.4) is 0 Å². The molecule has 1 aromatic heterocycles. The van der Waals surface area contributed by atoms with Crippen molar-refractivity contribution < 1.29 is 0 Å². The second kappa shape index (κ2) is 28.0. The second-order valence-electron chi connectivity index (χ2n) is 29.7. The third-order valence-electron chi connectivity index (χ3n) is 23.6. The first-order valence-corrected chi connectivity index (χ1v) is 39.8. The molecule has 530 valence electrons. The summed E-state index contributed by atoms with van der Waals surface area (Å²) in [5.74, 6) is 0. The fraction of sp³-hybridized carbons (Fsp3) is 0.0182. The summed E-state index contributed by atoms with van der Waals surface area (Å²) in [7, 11) is 0. The number of nitrogens with zero attached hydrogens (tertiary/aromatic N) is 2.